The predicted octanol–water partition coefficient (Wildman–Crippen LogP) is 2.08. The van der Waals surface area contributed by atoms with Gasteiger partial charge in [-0.2, -0.15) is 0 Å². The van der Waals surface area contributed by atoms with Crippen molar-refractivity contribution in [1.82, 2.24) is 5.32 Å². The average molecular weight is 303 g/mol. The van der Waals surface area contributed by atoms with Gasteiger partial charge in [0.25, 0.3) is 5.91 Å². The van der Waals surface area contributed by atoms with Crippen LogP contribution in [0.2, 0.25) is 0 Å². The van der Waals surface area contributed by atoms with E-state index in [1.54, 1.807) is 31.4 Å². The van der Waals surface area contributed by atoms with E-state index in [1.165, 1.54) is 0 Å². The van der Waals surface area contributed by atoms with Gasteiger partial charge in [0.05, 0.1) is 11.9 Å². The first-order valence-electron chi connectivity index (χ1n) is 7.15. The lowest BCUT2D eigenvalue weighted by Crippen LogP contribution is -2.43. The lowest BCUT2D eigenvalue weighted by molar-refractivity contribution is -0.124. The fourth-order valence-electron chi connectivity index (χ4n) is 2.05. The first-order valence-corrected chi connectivity index (χ1v) is 7.15. The van der Waals surface area contributed by atoms with Crippen LogP contribution >= 0.6 is 0 Å². The van der Waals surface area contributed by atoms with Crippen molar-refractivity contribution in [3.8, 4) is 5.75 Å². The molecule has 0 bridgehead atoms. The van der Waals surface area contributed by atoms with Crippen molar-refractivity contribution >= 4 is 5.91 Å². The number of nitrogens with one attached hydrogen (secondary N) is 1. The van der Waals surface area contributed by atoms with Crippen molar-refractivity contribution in [3.63, 3.8) is 0 Å². The summed E-state index contributed by atoms with van der Waals surface area (Å²) < 4.78 is 10.6. The van der Waals surface area contributed by atoms with Crippen molar-refractivity contribution in [1.29, 1.82) is 0 Å². The Morgan fingerprint density at radius 1 is 1.36 bits per heavy atom. The third-order valence-electron chi connectivity index (χ3n) is 3.16. The number of carbonyl (C=O) groups excluding carboxylic acids is 1. The number of amides is 1. The predicted molar refractivity (Wildman–Crippen MR) is 82.7 cm³/mol. The smallest absolute Gasteiger partial charge is 0.258 e. The van der Waals surface area contributed by atoms with Gasteiger partial charge in [0.15, 0.2) is 6.61 Å². The molecule has 0 saturated carbocycles. The van der Waals surface area contributed by atoms with Gasteiger partial charge >= 0.3 is 0 Å². The van der Waals surface area contributed by atoms with Crippen LogP contribution in [-0.4, -0.2) is 29.8 Å². The van der Waals surface area contributed by atoms with Crippen molar-refractivity contribution in [2.24, 2.45) is 0 Å². The molecular formula is C17H21NO4. The molecule has 2 rings (SSSR count). The second kappa shape index (κ2) is 7.13. The minimum atomic E-state index is -1.07. The maximum absolute atomic E-state index is 11.8. The zero-order valence-electron chi connectivity index (χ0n) is 12.8. The van der Waals surface area contributed by atoms with Crippen LogP contribution in [0.15, 0.2) is 47.1 Å². The van der Waals surface area contributed by atoms with Gasteiger partial charge in [0.2, 0.25) is 0 Å². The fraction of sp³-hybridized carbons (Fsp3) is 0.353. The zero-order valence-corrected chi connectivity index (χ0v) is 12.8. The highest BCUT2D eigenvalue weighted by Crippen LogP contribution is 2.13. The zero-order chi connectivity index (χ0) is 16.0. The Hall–Kier alpha value is -2.27. The summed E-state index contributed by atoms with van der Waals surface area (Å²) in [6, 6.07) is 11.0. The van der Waals surface area contributed by atoms with Crippen LogP contribution in [0.5, 0.6) is 5.75 Å². The number of aliphatic hydroxyl groups is 1. The number of ether oxygens (including phenoxy) is 1. The van der Waals surface area contributed by atoms with Crippen LogP contribution in [0.25, 0.3) is 0 Å². The van der Waals surface area contributed by atoms with E-state index >= 15 is 0 Å². The minimum absolute atomic E-state index is 0.0831. The van der Waals surface area contributed by atoms with Crippen molar-refractivity contribution in [2.45, 2.75) is 25.9 Å². The molecule has 5 nitrogen and oxygen atoms in total. The summed E-state index contributed by atoms with van der Waals surface area (Å²) in [5, 5.41) is 12.9. The number of rotatable bonds is 7. The normalized spacial score (nSPS) is 13.4. The topological polar surface area (TPSA) is 71.7 Å². The van der Waals surface area contributed by atoms with Gasteiger partial charge in [-0.1, -0.05) is 12.1 Å². The van der Waals surface area contributed by atoms with E-state index in [0.29, 0.717) is 17.9 Å². The molecular weight excluding hydrogens is 282 g/mol. The van der Waals surface area contributed by atoms with Crippen LogP contribution in [0.1, 0.15) is 18.2 Å². The van der Waals surface area contributed by atoms with E-state index in [4.69, 9.17) is 9.15 Å². The second-order valence-corrected chi connectivity index (χ2v) is 5.63. The van der Waals surface area contributed by atoms with E-state index in [9.17, 15) is 9.90 Å². The van der Waals surface area contributed by atoms with E-state index < -0.39 is 5.60 Å². The molecule has 5 heteroatoms. The quantitative estimate of drug-likeness (QED) is 0.821. The Labute approximate surface area is 129 Å². The number of hydrogen-bond donors (Lipinski definition) is 2. The van der Waals surface area contributed by atoms with Gasteiger partial charge < -0.3 is 19.6 Å². The standard InChI is InChI=1S/C17H21NO4/c1-13-5-3-6-14(9-13)22-11-16(19)18-12-17(2,20)10-15-7-4-8-21-15/h3-9,20H,10-12H2,1-2H3,(H,18,19). The SMILES string of the molecule is Cc1cccc(OCC(=O)NCC(C)(O)Cc2ccco2)c1. The molecule has 2 aromatic rings. The van der Waals surface area contributed by atoms with Gasteiger partial charge in [-0.25, -0.2) is 0 Å². The summed E-state index contributed by atoms with van der Waals surface area (Å²) in [6.07, 6.45) is 1.89. The summed E-state index contributed by atoms with van der Waals surface area (Å²) in [5.74, 6) is 1.05. The fourth-order valence-corrected chi connectivity index (χ4v) is 2.05. The van der Waals surface area contributed by atoms with Crippen LogP contribution in [0.4, 0.5) is 0 Å². The van der Waals surface area contributed by atoms with E-state index in [0.717, 1.165) is 5.56 Å². The molecule has 1 heterocycles. The van der Waals surface area contributed by atoms with Crippen LogP contribution in [0, 0.1) is 6.92 Å². The summed E-state index contributed by atoms with van der Waals surface area (Å²) in [5.41, 5.74) is -0.00378. The van der Waals surface area contributed by atoms with Crippen molar-refractivity contribution in [2.75, 3.05) is 13.2 Å². The van der Waals surface area contributed by atoms with Crippen molar-refractivity contribution < 1.29 is 19.1 Å². The lowest BCUT2D eigenvalue weighted by Gasteiger charge is -2.22. The molecule has 1 aromatic carbocycles. The molecule has 2 N–H and O–H groups in total. The van der Waals surface area contributed by atoms with Crippen molar-refractivity contribution in [3.05, 3.63) is 54.0 Å². The van der Waals surface area contributed by atoms with Crippen LogP contribution in [-0.2, 0) is 11.2 Å². The molecule has 1 atom stereocenters. The molecule has 0 radical (unpaired) electrons. The Kier molecular flexibility index (Phi) is 5.22. The van der Waals surface area contributed by atoms with Gasteiger partial charge in [0.1, 0.15) is 11.5 Å². The Morgan fingerprint density at radius 3 is 2.86 bits per heavy atom. The molecule has 1 aromatic heterocycles. The molecule has 0 spiro atoms. The number of furan rings is 1. The average Bonchev–Trinajstić information content (AvgIpc) is 2.95. The first kappa shape index (κ1) is 16.1. The molecule has 0 aliphatic carbocycles. The van der Waals surface area contributed by atoms with E-state index in [1.807, 2.05) is 25.1 Å². The van der Waals surface area contributed by atoms with Gasteiger partial charge in [-0.3, -0.25) is 4.79 Å². The molecule has 1 unspecified atom stereocenters. The molecule has 0 saturated heterocycles. The summed E-state index contributed by atoms with van der Waals surface area (Å²) in [7, 11) is 0. The minimum Gasteiger partial charge on any atom is -0.484 e. The molecule has 0 aliphatic heterocycles. The highest BCUT2D eigenvalue weighted by molar-refractivity contribution is 5.77. The van der Waals surface area contributed by atoms with Gasteiger partial charge in [-0.05, 0) is 43.7 Å². The lowest BCUT2D eigenvalue weighted by atomic mass is 10.0. The number of aryl methyl sites for hydroxylation is 1. The van der Waals surface area contributed by atoms with Gasteiger partial charge in [0, 0.05) is 13.0 Å². The first-order chi connectivity index (χ1) is 10.4. The van der Waals surface area contributed by atoms with Gasteiger partial charge in [-0.15, -0.1) is 0 Å². The summed E-state index contributed by atoms with van der Waals surface area (Å²) in [6.45, 7) is 3.65. The third-order valence-corrected chi connectivity index (χ3v) is 3.16. The maximum Gasteiger partial charge on any atom is 0.258 e. The highest BCUT2D eigenvalue weighted by Gasteiger charge is 2.23. The van der Waals surface area contributed by atoms with E-state index in [-0.39, 0.29) is 19.1 Å². The molecule has 22 heavy (non-hydrogen) atoms. The largest absolute Gasteiger partial charge is 0.484 e. The Bertz CT molecular complexity index is 605. The molecule has 118 valence electrons. The highest BCUT2D eigenvalue weighted by atomic mass is 16.5. The maximum atomic E-state index is 11.8. The van der Waals surface area contributed by atoms with Crippen LogP contribution in [0.3, 0.4) is 0 Å². The molecule has 0 aliphatic rings. The number of benzene rings is 1. The van der Waals surface area contributed by atoms with E-state index in [2.05, 4.69) is 5.32 Å². The molecule has 0 fully saturated rings. The monoisotopic (exact) mass is 303 g/mol. The summed E-state index contributed by atoms with van der Waals surface area (Å²) >= 11 is 0. The summed E-state index contributed by atoms with van der Waals surface area (Å²) in [4.78, 5) is 11.8. The van der Waals surface area contributed by atoms with Crippen LogP contribution < -0.4 is 10.1 Å². The number of hydrogen-bond acceptors (Lipinski definition) is 4. The third kappa shape index (κ3) is 5.26. The molecule has 1 amide bonds. The number of carbonyl (C=O) groups is 1. The Balaban J connectivity index is 1.75. The Morgan fingerprint density at radius 2 is 2.18 bits per heavy atom. The second-order valence-electron chi connectivity index (χ2n) is 5.63.